The summed E-state index contributed by atoms with van der Waals surface area (Å²) in [7, 11) is -2.57. The van der Waals surface area contributed by atoms with Gasteiger partial charge in [-0.1, -0.05) is 0 Å². The number of carboxylic acid groups (broad SMARTS) is 1. The number of carboxylic acids is 1. The Balaban J connectivity index is 2.69. The predicted molar refractivity (Wildman–Crippen MR) is 63.8 cm³/mol. The van der Waals surface area contributed by atoms with Crippen molar-refractivity contribution >= 4 is 21.9 Å². The summed E-state index contributed by atoms with van der Waals surface area (Å²) in [6.07, 6.45) is -0.291. The topological polar surface area (TPSA) is 86.7 Å². The molecule has 0 saturated heterocycles. The molecule has 0 aliphatic heterocycles. The largest absolute Gasteiger partial charge is 0.481 e. The molecule has 0 unspecified atom stereocenters. The summed E-state index contributed by atoms with van der Waals surface area (Å²) < 4.78 is 39.2. The molecule has 0 aliphatic carbocycles. The number of carbonyl (C=O) groups is 1. The second kappa shape index (κ2) is 5.78. The minimum absolute atomic E-state index is 0.147. The molecule has 18 heavy (non-hydrogen) atoms. The van der Waals surface area contributed by atoms with Gasteiger partial charge in [-0.2, -0.15) is 12.7 Å². The van der Waals surface area contributed by atoms with Gasteiger partial charge in [0.05, 0.1) is 6.42 Å². The van der Waals surface area contributed by atoms with Gasteiger partial charge in [-0.3, -0.25) is 9.52 Å². The molecule has 1 rings (SSSR count). The molecule has 1 aromatic carbocycles. The Labute approximate surface area is 104 Å². The van der Waals surface area contributed by atoms with E-state index in [1.54, 1.807) is 0 Å². The third-order valence-corrected chi connectivity index (χ3v) is 3.64. The fourth-order valence-corrected chi connectivity index (χ4v) is 2.04. The van der Waals surface area contributed by atoms with Crippen molar-refractivity contribution in [2.75, 3.05) is 18.3 Å². The van der Waals surface area contributed by atoms with Gasteiger partial charge in [-0.15, -0.1) is 0 Å². The van der Waals surface area contributed by atoms with Crippen LogP contribution in [-0.2, 0) is 15.0 Å². The molecule has 0 aromatic heterocycles. The molecule has 2 N–H and O–H groups in total. The van der Waals surface area contributed by atoms with Crippen molar-refractivity contribution in [1.82, 2.24) is 4.31 Å². The van der Waals surface area contributed by atoms with E-state index in [9.17, 15) is 17.6 Å². The van der Waals surface area contributed by atoms with Crippen molar-refractivity contribution in [2.45, 2.75) is 6.42 Å². The molecule has 0 radical (unpaired) electrons. The average Bonchev–Trinajstić information content (AvgIpc) is 2.28. The molecule has 8 heteroatoms. The van der Waals surface area contributed by atoms with Gasteiger partial charge in [0.15, 0.2) is 0 Å². The monoisotopic (exact) mass is 276 g/mol. The highest BCUT2D eigenvalue weighted by Gasteiger charge is 2.18. The number of hydrogen-bond acceptors (Lipinski definition) is 3. The minimum atomic E-state index is -3.82. The van der Waals surface area contributed by atoms with Crippen LogP contribution >= 0.6 is 0 Å². The Hall–Kier alpha value is -1.67. The molecule has 0 saturated carbocycles. The van der Waals surface area contributed by atoms with Crippen LogP contribution in [0.4, 0.5) is 10.1 Å². The molecular weight excluding hydrogens is 263 g/mol. The van der Waals surface area contributed by atoms with Crippen LogP contribution in [0.15, 0.2) is 24.3 Å². The second-order valence-electron chi connectivity index (χ2n) is 3.58. The zero-order valence-corrected chi connectivity index (χ0v) is 10.4. The molecule has 0 atom stereocenters. The van der Waals surface area contributed by atoms with Gasteiger partial charge in [-0.25, -0.2) is 4.39 Å². The summed E-state index contributed by atoms with van der Waals surface area (Å²) in [5.41, 5.74) is 0.207. The first-order valence-electron chi connectivity index (χ1n) is 5.03. The number of rotatable bonds is 6. The van der Waals surface area contributed by atoms with E-state index >= 15 is 0 Å². The maximum absolute atomic E-state index is 12.6. The maximum atomic E-state index is 12.6. The Bertz CT molecular complexity index is 515. The normalized spacial score (nSPS) is 11.5. The Morgan fingerprint density at radius 3 is 2.44 bits per heavy atom. The summed E-state index contributed by atoms with van der Waals surface area (Å²) in [6, 6.07) is 4.79. The molecule has 6 nitrogen and oxygen atoms in total. The van der Waals surface area contributed by atoms with Crippen LogP contribution in [0.3, 0.4) is 0 Å². The molecule has 1 aromatic rings. The number of halogens is 1. The van der Waals surface area contributed by atoms with Crippen LogP contribution in [0.2, 0.25) is 0 Å². The van der Waals surface area contributed by atoms with E-state index in [4.69, 9.17) is 5.11 Å². The highest BCUT2D eigenvalue weighted by atomic mass is 32.2. The van der Waals surface area contributed by atoms with Crippen molar-refractivity contribution in [3.8, 4) is 0 Å². The highest BCUT2D eigenvalue weighted by Crippen LogP contribution is 2.11. The smallest absolute Gasteiger partial charge is 0.304 e. The Kier molecular flexibility index (Phi) is 4.62. The maximum Gasteiger partial charge on any atom is 0.304 e. The van der Waals surface area contributed by atoms with E-state index in [0.717, 1.165) is 16.4 Å². The number of nitrogens with zero attached hydrogens (tertiary/aromatic N) is 1. The van der Waals surface area contributed by atoms with E-state index in [1.807, 2.05) is 0 Å². The fraction of sp³-hybridized carbons (Fsp3) is 0.300. The van der Waals surface area contributed by atoms with Gasteiger partial charge in [0, 0.05) is 19.3 Å². The van der Waals surface area contributed by atoms with E-state index in [2.05, 4.69) is 4.72 Å². The van der Waals surface area contributed by atoms with Crippen molar-refractivity contribution in [3.05, 3.63) is 30.1 Å². The molecular formula is C10H13FN2O4S. The van der Waals surface area contributed by atoms with Crippen LogP contribution in [0.25, 0.3) is 0 Å². The summed E-state index contributed by atoms with van der Waals surface area (Å²) >= 11 is 0. The van der Waals surface area contributed by atoms with E-state index in [0.29, 0.717) is 0 Å². The summed E-state index contributed by atoms with van der Waals surface area (Å²) in [6.45, 7) is -0.147. The lowest BCUT2D eigenvalue weighted by Gasteiger charge is -2.17. The first kappa shape index (κ1) is 14.4. The van der Waals surface area contributed by atoms with Gasteiger partial charge < -0.3 is 5.11 Å². The standard InChI is InChI=1S/C10H13FN2O4S/c1-13(7-6-10(14)15)18(16,17)12-9-4-2-8(11)3-5-9/h2-5,12H,6-7H2,1H3,(H,14,15). The van der Waals surface area contributed by atoms with Crippen LogP contribution in [0.5, 0.6) is 0 Å². The first-order valence-corrected chi connectivity index (χ1v) is 6.47. The van der Waals surface area contributed by atoms with Crippen molar-refractivity contribution in [3.63, 3.8) is 0 Å². The van der Waals surface area contributed by atoms with E-state index in [1.165, 1.54) is 19.2 Å². The van der Waals surface area contributed by atoms with Gasteiger partial charge in [0.25, 0.3) is 0 Å². The van der Waals surface area contributed by atoms with E-state index < -0.39 is 22.0 Å². The molecule has 0 amide bonds. The summed E-state index contributed by atoms with van der Waals surface area (Å²) in [4.78, 5) is 10.3. The third kappa shape index (κ3) is 4.30. The summed E-state index contributed by atoms with van der Waals surface area (Å²) in [5.74, 6) is -1.56. The predicted octanol–water partition coefficient (Wildman–Crippen LogP) is 0.889. The molecule has 0 spiro atoms. The third-order valence-electron chi connectivity index (χ3n) is 2.14. The molecule has 0 fully saturated rings. The van der Waals surface area contributed by atoms with Crippen molar-refractivity contribution in [1.29, 1.82) is 0 Å². The summed E-state index contributed by atoms with van der Waals surface area (Å²) in [5, 5.41) is 8.46. The lowest BCUT2D eigenvalue weighted by molar-refractivity contribution is -0.137. The lowest BCUT2D eigenvalue weighted by atomic mass is 10.3. The Morgan fingerprint density at radius 2 is 1.94 bits per heavy atom. The first-order chi connectivity index (χ1) is 8.31. The van der Waals surface area contributed by atoms with Crippen LogP contribution in [-0.4, -0.2) is 37.4 Å². The number of nitrogens with one attached hydrogen (secondary N) is 1. The van der Waals surface area contributed by atoms with Gasteiger partial charge in [0.1, 0.15) is 5.82 Å². The number of benzene rings is 1. The average molecular weight is 276 g/mol. The van der Waals surface area contributed by atoms with Gasteiger partial charge >= 0.3 is 16.2 Å². The van der Waals surface area contributed by atoms with Crippen LogP contribution in [0, 0.1) is 5.82 Å². The zero-order valence-electron chi connectivity index (χ0n) is 9.63. The van der Waals surface area contributed by atoms with E-state index in [-0.39, 0.29) is 18.7 Å². The molecule has 100 valence electrons. The molecule has 0 aliphatic rings. The van der Waals surface area contributed by atoms with Crippen molar-refractivity contribution in [2.24, 2.45) is 0 Å². The zero-order chi connectivity index (χ0) is 13.8. The minimum Gasteiger partial charge on any atom is -0.481 e. The molecule has 0 bridgehead atoms. The van der Waals surface area contributed by atoms with Crippen LogP contribution < -0.4 is 4.72 Å². The SMILES string of the molecule is CN(CCC(=O)O)S(=O)(=O)Nc1ccc(F)cc1. The van der Waals surface area contributed by atoms with Gasteiger partial charge in [-0.05, 0) is 24.3 Å². The van der Waals surface area contributed by atoms with Crippen LogP contribution in [0.1, 0.15) is 6.42 Å². The quantitative estimate of drug-likeness (QED) is 0.807. The number of aliphatic carboxylic acids is 1. The molecule has 0 heterocycles. The Morgan fingerprint density at radius 1 is 1.39 bits per heavy atom. The second-order valence-corrected chi connectivity index (χ2v) is 5.36. The van der Waals surface area contributed by atoms with Gasteiger partial charge in [0.2, 0.25) is 0 Å². The number of anilines is 1. The fourth-order valence-electron chi connectivity index (χ4n) is 1.12. The lowest BCUT2D eigenvalue weighted by Crippen LogP contribution is -2.34. The highest BCUT2D eigenvalue weighted by molar-refractivity contribution is 7.90. The number of hydrogen-bond donors (Lipinski definition) is 2. The van der Waals surface area contributed by atoms with Crippen molar-refractivity contribution < 1.29 is 22.7 Å².